The molecule has 6 nitrogen and oxygen atoms in total. The number of amides is 1. The van der Waals surface area contributed by atoms with E-state index in [1.807, 2.05) is 24.3 Å². The Morgan fingerprint density at radius 2 is 1.72 bits per heavy atom. The number of nitrogens with one attached hydrogen (secondary N) is 2. The van der Waals surface area contributed by atoms with Crippen LogP contribution in [0.5, 0.6) is 5.75 Å². The van der Waals surface area contributed by atoms with Crippen molar-refractivity contribution in [2.24, 2.45) is 0 Å². The van der Waals surface area contributed by atoms with E-state index in [2.05, 4.69) is 36.8 Å². The third-order valence-corrected chi connectivity index (χ3v) is 3.88. The van der Waals surface area contributed by atoms with E-state index in [1.54, 1.807) is 43.5 Å². The van der Waals surface area contributed by atoms with E-state index in [9.17, 15) is 4.79 Å². The molecule has 0 bridgehead atoms. The fourth-order valence-electron chi connectivity index (χ4n) is 2.10. The summed E-state index contributed by atoms with van der Waals surface area (Å²) in [5, 5.41) is 13.9. The van der Waals surface area contributed by atoms with E-state index < -0.39 is 0 Å². The van der Waals surface area contributed by atoms with Crippen LogP contribution in [0.1, 0.15) is 10.4 Å². The Kier molecular flexibility index (Phi) is 5.25. The number of hydrogen-bond acceptors (Lipinski definition) is 5. The second-order valence-corrected chi connectivity index (χ2v) is 6.04. The highest BCUT2D eigenvalue weighted by Crippen LogP contribution is 2.18. The van der Waals surface area contributed by atoms with E-state index >= 15 is 0 Å². The summed E-state index contributed by atoms with van der Waals surface area (Å²) in [6, 6.07) is 18.0. The van der Waals surface area contributed by atoms with Crippen molar-refractivity contribution in [2.45, 2.75) is 0 Å². The van der Waals surface area contributed by atoms with Gasteiger partial charge >= 0.3 is 0 Å². The van der Waals surface area contributed by atoms with Crippen molar-refractivity contribution in [2.75, 3.05) is 17.7 Å². The summed E-state index contributed by atoms with van der Waals surface area (Å²) >= 11 is 3.39. The van der Waals surface area contributed by atoms with Gasteiger partial charge in [0.05, 0.1) is 7.11 Å². The molecule has 25 heavy (non-hydrogen) atoms. The summed E-state index contributed by atoms with van der Waals surface area (Å²) in [4.78, 5) is 12.2. The zero-order valence-electron chi connectivity index (χ0n) is 13.4. The monoisotopic (exact) mass is 398 g/mol. The second kappa shape index (κ2) is 7.76. The van der Waals surface area contributed by atoms with Crippen LogP contribution >= 0.6 is 15.9 Å². The Morgan fingerprint density at radius 3 is 2.40 bits per heavy atom. The van der Waals surface area contributed by atoms with Crippen molar-refractivity contribution in [1.82, 2.24) is 10.2 Å². The zero-order chi connectivity index (χ0) is 17.6. The van der Waals surface area contributed by atoms with Crippen LogP contribution in [0.3, 0.4) is 0 Å². The number of carbonyl (C=O) groups is 1. The van der Waals surface area contributed by atoms with Crippen molar-refractivity contribution >= 4 is 39.2 Å². The largest absolute Gasteiger partial charge is 0.497 e. The Morgan fingerprint density at radius 1 is 1.00 bits per heavy atom. The fraction of sp³-hybridized carbons (Fsp3) is 0.0556. The Hall–Kier alpha value is -2.93. The summed E-state index contributed by atoms with van der Waals surface area (Å²) in [6.07, 6.45) is 0. The number of rotatable bonds is 5. The van der Waals surface area contributed by atoms with Crippen molar-refractivity contribution < 1.29 is 9.53 Å². The number of anilines is 3. The normalized spacial score (nSPS) is 10.2. The molecule has 126 valence electrons. The van der Waals surface area contributed by atoms with Gasteiger partial charge in [-0.2, -0.15) is 0 Å². The molecule has 0 saturated heterocycles. The minimum atomic E-state index is -0.276. The molecule has 0 radical (unpaired) electrons. The molecule has 0 fully saturated rings. The number of halogens is 1. The van der Waals surface area contributed by atoms with Crippen molar-refractivity contribution in [3.8, 4) is 5.75 Å². The SMILES string of the molecule is COc1cccc(C(=O)Nc2ccc(Nc3ccc(Br)cc3)nn2)c1. The maximum Gasteiger partial charge on any atom is 0.256 e. The van der Waals surface area contributed by atoms with Gasteiger partial charge in [0.25, 0.3) is 5.91 Å². The molecule has 3 rings (SSSR count). The molecule has 0 atom stereocenters. The van der Waals surface area contributed by atoms with Crippen molar-refractivity contribution in [3.63, 3.8) is 0 Å². The van der Waals surface area contributed by atoms with Crippen LogP contribution in [-0.2, 0) is 0 Å². The predicted molar refractivity (Wildman–Crippen MR) is 100 cm³/mol. The summed E-state index contributed by atoms with van der Waals surface area (Å²) in [5.41, 5.74) is 1.38. The number of ether oxygens (including phenoxy) is 1. The molecule has 1 amide bonds. The molecule has 0 saturated carbocycles. The molecule has 2 aromatic carbocycles. The van der Waals surface area contributed by atoms with E-state index in [1.165, 1.54) is 0 Å². The van der Waals surface area contributed by atoms with Gasteiger partial charge in [0.2, 0.25) is 0 Å². The van der Waals surface area contributed by atoms with Gasteiger partial charge in [-0.3, -0.25) is 4.79 Å². The zero-order valence-corrected chi connectivity index (χ0v) is 14.9. The van der Waals surface area contributed by atoms with Crippen LogP contribution in [0.25, 0.3) is 0 Å². The van der Waals surface area contributed by atoms with Gasteiger partial charge < -0.3 is 15.4 Å². The van der Waals surface area contributed by atoms with Crippen LogP contribution in [0.15, 0.2) is 65.1 Å². The molecule has 0 aliphatic heterocycles. The van der Waals surface area contributed by atoms with Gasteiger partial charge in [-0.1, -0.05) is 22.0 Å². The molecule has 3 aromatic rings. The van der Waals surface area contributed by atoms with E-state index in [0.29, 0.717) is 22.9 Å². The fourth-order valence-corrected chi connectivity index (χ4v) is 2.36. The van der Waals surface area contributed by atoms with Crippen LogP contribution in [0, 0.1) is 0 Å². The average molecular weight is 399 g/mol. The Balaban J connectivity index is 1.65. The first-order valence-electron chi connectivity index (χ1n) is 7.46. The number of hydrogen-bond donors (Lipinski definition) is 2. The van der Waals surface area contributed by atoms with E-state index in [4.69, 9.17) is 4.74 Å². The number of benzene rings is 2. The molecule has 1 aromatic heterocycles. The highest BCUT2D eigenvalue weighted by molar-refractivity contribution is 9.10. The van der Waals surface area contributed by atoms with E-state index in [-0.39, 0.29) is 5.91 Å². The first kappa shape index (κ1) is 16.9. The van der Waals surface area contributed by atoms with Crippen LogP contribution in [0.4, 0.5) is 17.3 Å². The summed E-state index contributed by atoms with van der Waals surface area (Å²) in [5.74, 6) is 1.30. The maximum absolute atomic E-state index is 12.2. The topological polar surface area (TPSA) is 76.1 Å². The highest BCUT2D eigenvalue weighted by atomic mass is 79.9. The van der Waals surface area contributed by atoms with E-state index in [0.717, 1.165) is 10.2 Å². The van der Waals surface area contributed by atoms with Crippen molar-refractivity contribution in [3.05, 3.63) is 70.7 Å². The van der Waals surface area contributed by atoms with Crippen molar-refractivity contribution in [1.29, 1.82) is 0 Å². The highest BCUT2D eigenvalue weighted by Gasteiger charge is 2.08. The minimum Gasteiger partial charge on any atom is -0.497 e. The molecular formula is C18H15BrN4O2. The summed E-state index contributed by atoms with van der Waals surface area (Å²) < 4.78 is 6.12. The quantitative estimate of drug-likeness (QED) is 0.671. The standard InChI is InChI=1S/C18H15BrN4O2/c1-25-15-4-2-3-12(11-15)18(24)21-17-10-9-16(22-23-17)20-14-7-5-13(19)6-8-14/h2-11H,1H3,(H,20,22)(H,21,23,24). The lowest BCUT2D eigenvalue weighted by molar-refractivity contribution is 0.102. The number of methoxy groups -OCH3 is 1. The number of nitrogens with zero attached hydrogens (tertiary/aromatic N) is 2. The molecule has 0 spiro atoms. The van der Waals surface area contributed by atoms with Crippen LogP contribution in [0.2, 0.25) is 0 Å². The predicted octanol–water partition coefficient (Wildman–Crippen LogP) is 4.24. The average Bonchev–Trinajstić information content (AvgIpc) is 2.65. The minimum absolute atomic E-state index is 0.276. The molecule has 0 unspecified atom stereocenters. The third-order valence-electron chi connectivity index (χ3n) is 3.35. The lowest BCUT2D eigenvalue weighted by atomic mass is 10.2. The molecule has 7 heteroatoms. The van der Waals surface area contributed by atoms with Gasteiger partial charge in [0.15, 0.2) is 11.6 Å². The number of carbonyl (C=O) groups excluding carboxylic acids is 1. The molecular weight excluding hydrogens is 384 g/mol. The van der Waals surface area contributed by atoms with Crippen LogP contribution < -0.4 is 15.4 Å². The first-order valence-corrected chi connectivity index (χ1v) is 8.25. The number of aromatic nitrogens is 2. The van der Waals surface area contributed by atoms with Gasteiger partial charge in [-0.25, -0.2) is 0 Å². The summed E-state index contributed by atoms with van der Waals surface area (Å²) in [7, 11) is 1.56. The van der Waals surface area contributed by atoms with Gasteiger partial charge in [0.1, 0.15) is 5.75 Å². The molecule has 1 heterocycles. The lowest BCUT2D eigenvalue weighted by Crippen LogP contribution is -2.13. The van der Waals surface area contributed by atoms with Gasteiger partial charge in [-0.15, -0.1) is 10.2 Å². The first-order chi connectivity index (χ1) is 12.1. The van der Waals surface area contributed by atoms with Crippen LogP contribution in [-0.4, -0.2) is 23.2 Å². The molecule has 2 N–H and O–H groups in total. The van der Waals surface area contributed by atoms with Gasteiger partial charge in [0, 0.05) is 15.7 Å². The maximum atomic E-state index is 12.2. The Labute approximate surface area is 153 Å². The second-order valence-electron chi connectivity index (χ2n) is 5.12. The Bertz CT molecular complexity index is 867. The lowest BCUT2D eigenvalue weighted by Gasteiger charge is -2.07. The third kappa shape index (κ3) is 4.54. The smallest absolute Gasteiger partial charge is 0.256 e. The molecule has 0 aliphatic rings. The molecule has 0 aliphatic carbocycles. The van der Waals surface area contributed by atoms with Gasteiger partial charge in [-0.05, 0) is 54.6 Å². The summed E-state index contributed by atoms with van der Waals surface area (Å²) in [6.45, 7) is 0.